The van der Waals surface area contributed by atoms with Gasteiger partial charge in [-0.05, 0) is 42.5 Å². The van der Waals surface area contributed by atoms with Crippen LogP contribution in [0.4, 0.5) is 11.6 Å². The van der Waals surface area contributed by atoms with Crippen LogP contribution < -0.4 is 4.80 Å². The number of hydrogen-bond acceptors (Lipinski definition) is 6. The van der Waals surface area contributed by atoms with Crippen LogP contribution in [0.2, 0.25) is 5.02 Å². The highest BCUT2D eigenvalue weighted by Gasteiger charge is 2.11. The molecule has 4 rings (SSSR count). The molecule has 2 aromatic carbocycles. The summed E-state index contributed by atoms with van der Waals surface area (Å²) in [4.78, 5) is 15.5. The van der Waals surface area contributed by atoms with Gasteiger partial charge in [0, 0.05) is 20.4 Å². The normalized spacial score (nSPS) is 12.0. The van der Waals surface area contributed by atoms with Gasteiger partial charge in [-0.2, -0.15) is 5.10 Å². The van der Waals surface area contributed by atoms with Crippen LogP contribution in [0.3, 0.4) is 0 Å². The van der Waals surface area contributed by atoms with E-state index in [0.717, 1.165) is 21.4 Å². The molecule has 0 atom stereocenters. The number of halogens is 2. The van der Waals surface area contributed by atoms with Gasteiger partial charge in [-0.3, -0.25) is 10.1 Å². The van der Waals surface area contributed by atoms with Gasteiger partial charge in [-0.15, -0.1) is 11.3 Å². The minimum absolute atomic E-state index is 0.264. The molecule has 0 spiro atoms. The van der Waals surface area contributed by atoms with Crippen LogP contribution in [-0.2, 0) is 0 Å². The lowest BCUT2D eigenvalue weighted by molar-refractivity contribution is -0.402. The Bertz CT molecular complexity index is 1290. The number of rotatable bonds is 5. The van der Waals surface area contributed by atoms with Crippen LogP contribution in [0.1, 0.15) is 5.76 Å². The summed E-state index contributed by atoms with van der Waals surface area (Å²) in [5.41, 5.74) is 2.48. The van der Waals surface area contributed by atoms with E-state index >= 15 is 0 Å². The van der Waals surface area contributed by atoms with Crippen molar-refractivity contribution in [1.29, 1.82) is 0 Å². The topological polar surface area (TPSA) is 85.9 Å². The Labute approximate surface area is 187 Å². The molecular weight excluding hydrogens is 492 g/mol. The molecule has 2 heterocycles. The summed E-state index contributed by atoms with van der Waals surface area (Å²) in [6, 6.07) is 17.7. The van der Waals surface area contributed by atoms with Gasteiger partial charge in [-0.25, -0.2) is 9.67 Å². The predicted octanol–water partition coefficient (Wildman–Crippen LogP) is 6.25. The molecule has 0 aliphatic carbocycles. The van der Waals surface area contributed by atoms with E-state index in [9.17, 15) is 10.1 Å². The smallest absolute Gasteiger partial charge is 0.400 e. The Kier molecular flexibility index (Phi) is 5.93. The quantitative estimate of drug-likeness (QED) is 0.183. The maximum absolute atomic E-state index is 10.8. The molecule has 0 aliphatic heterocycles. The third kappa shape index (κ3) is 4.59. The van der Waals surface area contributed by atoms with E-state index in [1.807, 2.05) is 41.8 Å². The van der Waals surface area contributed by atoms with Crippen molar-refractivity contribution in [3.63, 3.8) is 0 Å². The summed E-state index contributed by atoms with van der Waals surface area (Å²) >= 11 is 10.8. The zero-order valence-electron chi connectivity index (χ0n) is 15.1. The monoisotopic (exact) mass is 502 g/mol. The van der Waals surface area contributed by atoms with Gasteiger partial charge in [0.15, 0.2) is 5.76 Å². The minimum Gasteiger partial charge on any atom is -0.400 e. The van der Waals surface area contributed by atoms with Crippen LogP contribution in [-0.4, -0.2) is 15.8 Å². The van der Waals surface area contributed by atoms with Crippen LogP contribution >= 0.6 is 38.9 Å². The van der Waals surface area contributed by atoms with Crippen LogP contribution in [0, 0.1) is 10.1 Å². The molecular formula is C20H12BrClN4O3S. The molecule has 0 N–H and O–H groups in total. The molecule has 0 bridgehead atoms. The molecule has 4 aromatic rings. The van der Waals surface area contributed by atoms with Gasteiger partial charge in [0.05, 0.1) is 23.7 Å². The number of furan rings is 1. The molecule has 2 aromatic heterocycles. The third-order valence-electron chi connectivity index (χ3n) is 3.97. The zero-order chi connectivity index (χ0) is 21.1. The second kappa shape index (κ2) is 8.78. The van der Waals surface area contributed by atoms with Gasteiger partial charge in [-0.1, -0.05) is 39.7 Å². The Balaban J connectivity index is 1.80. The number of nitrogens with zero attached hydrogens (tertiary/aromatic N) is 4. The van der Waals surface area contributed by atoms with E-state index in [1.165, 1.54) is 29.7 Å². The molecule has 30 heavy (non-hydrogen) atoms. The van der Waals surface area contributed by atoms with Crippen LogP contribution in [0.25, 0.3) is 11.3 Å². The molecule has 0 amide bonds. The predicted molar refractivity (Wildman–Crippen MR) is 120 cm³/mol. The van der Waals surface area contributed by atoms with Crippen LogP contribution in [0.15, 0.2) is 85.0 Å². The highest BCUT2D eigenvalue weighted by atomic mass is 79.9. The fourth-order valence-corrected chi connectivity index (χ4v) is 3.80. The van der Waals surface area contributed by atoms with E-state index in [-0.39, 0.29) is 11.6 Å². The summed E-state index contributed by atoms with van der Waals surface area (Å²) < 4.78 is 7.79. The van der Waals surface area contributed by atoms with Crippen molar-refractivity contribution >= 4 is 56.7 Å². The summed E-state index contributed by atoms with van der Waals surface area (Å²) in [5.74, 6) is -0.0782. The van der Waals surface area contributed by atoms with Gasteiger partial charge in [0.2, 0.25) is 4.80 Å². The van der Waals surface area contributed by atoms with Crippen molar-refractivity contribution in [2.24, 2.45) is 10.1 Å². The number of hydrogen-bond donors (Lipinski definition) is 0. The molecule has 7 nitrogen and oxygen atoms in total. The fraction of sp³-hybridized carbons (Fsp3) is 0. The van der Waals surface area contributed by atoms with E-state index in [2.05, 4.69) is 26.0 Å². The molecule has 0 radical (unpaired) electrons. The van der Waals surface area contributed by atoms with E-state index in [0.29, 0.717) is 9.82 Å². The summed E-state index contributed by atoms with van der Waals surface area (Å²) in [5, 5.41) is 17.9. The first-order chi connectivity index (χ1) is 14.5. The second-order valence-electron chi connectivity index (χ2n) is 5.99. The average Bonchev–Trinajstić information content (AvgIpc) is 3.36. The van der Waals surface area contributed by atoms with Crippen molar-refractivity contribution < 1.29 is 9.34 Å². The number of thiazole rings is 1. The molecule has 0 unspecified atom stereocenters. The second-order valence-corrected chi connectivity index (χ2v) is 8.18. The van der Waals surface area contributed by atoms with Crippen molar-refractivity contribution in [2.75, 3.05) is 0 Å². The minimum atomic E-state index is -0.594. The summed E-state index contributed by atoms with van der Waals surface area (Å²) in [6.45, 7) is 0. The van der Waals surface area contributed by atoms with Crippen molar-refractivity contribution in [3.05, 3.63) is 96.2 Å². The third-order valence-corrected chi connectivity index (χ3v) is 5.57. The first-order valence-corrected chi connectivity index (χ1v) is 10.6. The zero-order valence-corrected chi connectivity index (χ0v) is 18.3. The van der Waals surface area contributed by atoms with Gasteiger partial charge in [0.25, 0.3) is 0 Å². The average molecular weight is 504 g/mol. The molecule has 0 aliphatic rings. The lowest BCUT2D eigenvalue weighted by Crippen LogP contribution is -2.11. The van der Waals surface area contributed by atoms with Gasteiger partial charge < -0.3 is 4.42 Å². The summed E-state index contributed by atoms with van der Waals surface area (Å²) in [7, 11) is 0. The Hall–Kier alpha value is -3.01. The highest BCUT2D eigenvalue weighted by Crippen LogP contribution is 2.23. The Morgan fingerprint density at radius 3 is 2.50 bits per heavy atom. The first kappa shape index (κ1) is 20.3. The number of aromatic nitrogens is 1. The van der Waals surface area contributed by atoms with Gasteiger partial charge >= 0.3 is 5.88 Å². The van der Waals surface area contributed by atoms with Crippen LogP contribution in [0.5, 0.6) is 0 Å². The maximum atomic E-state index is 10.8. The van der Waals surface area contributed by atoms with Crippen molar-refractivity contribution in [3.8, 4) is 11.3 Å². The largest absolute Gasteiger partial charge is 0.433 e. The first-order valence-electron chi connectivity index (χ1n) is 8.55. The molecule has 0 fully saturated rings. The standard InChI is InChI=1S/C20H12BrClN4O3S/c21-14-3-1-13(2-4-14)18-12-30-20(24-16-7-5-15(22)6-8-16)25(18)23-11-17-9-10-19(29-17)26(27)28/h1-12H. The van der Waals surface area contributed by atoms with Crippen molar-refractivity contribution in [1.82, 2.24) is 4.68 Å². The number of benzene rings is 2. The Morgan fingerprint density at radius 1 is 1.10 bits per heavy atom. The van der Waals surface area contributed by atoms with E-state index < -0.39 is 4.92 Å². The SMILES string of the molecule is O=[N+]([O-])c1ccc(C=Nn2c(-c3ccc(Br)cc3)csc2=Nc2ccc(Cl)cc2)o1. The van der Waals surface area contributed by atoms with Gasteiger partial charge in [0.1, 0.15) is 4.92 Å². The Morgan fingerprint density at radius 2 is 1.83 bits per heavy atom. The lowest BCUT2D eigenvalue weighted by Gasteiger charge is -2.03. The highest BCUT2D eigenvalue weighted by molar-refractivity contribution is 9.10. The van der Waals surface area contributed by atoms with E-state index in [1.54, 1.807) is 16.8 Å². The van der Waals surface area contributed by atoms with E-state index in [4.69, 9.17) is 16.0 Å². The summed E-state index contributed by atoms with van der Waals surface area (Å²) in [6.07, 6.45) is 1.42. The fourth-order valence-electron chi connectivity index (χ4n) is 2.56. The molecule has 0 saturated carbocycles. The van der Waals surface area contributed by atoms with Crippen molar-refractivity contribution in [2.45, 2.75) is 0 Å². The lowest BCUT2D eigenvalue weighted by atomic mass is 10.2. The number of nitro groups is 1. The maximum Gasteiger partial charge on any atom is 0.433 e. The molecule has 0 saturated heterocycles. The molecule has 10 heteroatoms. The molecule has 150 valence electrons.